The lowest BCUT2D eigenvalue weighted by Crippen LogP contribution is -2.52. The normalized spacial score (nSPS) is 16.8. The zero-order valence-electron chi connectivity index (χ0n) is 14.6. The molecule has 0 aromatic heterocycles. The van der Waals surface area contributed by atoms with Gasteiger partial charge in [-0.15, -0.1) is 0 Å². The number of carbonyl (C=O) groups is 1. The van der Waals surface area contributed by atoms with Crippen LogP contribution in [0.1, 0.15) is 26.7 Å². The molecule has 1 aromatic carbocycles. The summed E-state index contributed by atoms with van der Waals surface area (Å²) < 4.78 is 5.46. The third-order valence-corrected chi connectivity index (χ3v) is 5.03. The van der Waals surface area contributed by atoms with Crippen LogP contribution >= 0.6 is 11.6 Å². The highest BCUT2D eigenvalue weighted by atomic mass is 35.5. The van der Waals surface area contributed by atoms with E-state index in [1.807, 2.05) is 12.1 Å². The van der Waals surface area contributed by atoms with Gasteiger partial charge in [-0.1, -0.05) is 50.4 Å². The Morgan fingerprint density at radius 3 is 2.54 bits per heavy atom. The maximum Gasteiger partial charge on any atom is 0.319 e. The van der Waals surface area contributed by atoms with Crippen LogP contribution in [0.4, 0.5) is 10.5 Å². The van der Waals surface area contributed by atoms with E-state index in [2.05, 4.69) is 29.4 Å². The first-order valence-electron chi connectivity index (χ1n) is 8.76. The molecule has 1 saturated heterocycles. The Hall–Kier alpha value is -1.30. The second-order valence-corrected chi connectivity index (χ2v) is 6.51. The zero-order chi connectivity index (χ0) is 17.4. The van der Waals surface area contributed by atoms with Crippen LogP contribution in [0.25, 0.3) is 0 Å². The van der Waals surface area contributed by atoms with Gasteiger partial charge in [-0.25, -0.2) is 4.79 Å². The number of nitrogens with one attached hydrogen (secondary N) is 2. The van der Waals surface area contributed by atoms with E-state index >= 15 is 0 Å². The highest BCUT2D eigenvalue weighted by molar-refractivity contribution is 6.33. The van der Waals surface area contributed by atoms with Gasteiger partial charge in [0.25, 0.3) is 0 Å². The second kappa shape index (κ2) is 9.87. The van der Waals surface area contributed by atoms with E-state index in [-0.39, 0.29) is 6.03 Å². The molecule has 1 aromatic rings. The molecule has 0 radical (unpaired) electrons. The van der Waals surface area contributed by atoms with E-state index in [1.165, 1.54) is 0 Å². The van der Waals surface area contributed by atoms with Crippen molar-refractivity contribution >= 4 is 23.3 Å². The highest BCUT2D eigenvalue weighted by Crippen LogP contribution is 2.21. The Kier molecular flexibility index (Phi) is 7.82. The average molecular weight is 354 g/mol. The summed E-state index contributed by atoms with van der Waals surface area (Å²) in [5.74, 6) is 0.559. The number of morpholine rings is 1. The summed E-state index contributed by atoms with van der Waals surface area (Å²) in [7, 11) is 0. The summed E-state index contributed by atoms with van der Waals surface area (Å²) in [5.41, 5.74) is 0.627. The number of amides is 2. The van der Waals surface area contributed by atoms with Gasteiger partial charge in [-0.2, -0.15) is 0 Å². The van der Waals surface area contributed by atoms with Crippen LogP contribution in [0.3, 0.4) is 0 Å². The number of benzene rings is 1. The molecule has 0 aliphatic carbocycles. The van der Waals surface area contributed by atoms with Gasteiger partial charge in [0.1, 0.15) is 0 Å². The molecule has 2 N–H and O–H groups in total. The van der Waals surface area contributed by atoms with E-state index in [1.54, 1.807) is 12.1 Å². The van der Waals surface area contributed by atoms with E-state index in [9.17, 15) is 4.79 Å². The fraction of sp³-hybridized carbons (Fsp3) is 0.611. The molecule has 24 heavy (non-hydrogen) atoms. The van der Waals surface area contributed by atoms with Gasteiger partial charge in [0.15, 0.2) is 0 Å². The molecule has 1 aliphatic heterocycles. The quantitative estimate of drug-likeness (QED) is 0.787. The number of carbonyl (C=O) groups excluding carboxylic acids is 1. The van der Waals surface area contributed by atoms with Gasteiger partial charge in [0.2, 0.25) is 0 Å². The first kappa shape index (κ1) is 19.0. The molecular formula is C18H28ClN3O2. The molecule has 1 fully saturated rings. The Morgan fingerprint density at radius 2 is 1.92 bits per heavy atom. The largest absolute Gasteiger partial charge is 0.379 e. The van der Waals surface area contributed by atoms with Crippen molar-refractivity contribution in [2.75, 3.05) is 38.2 Å². The SMILES string of the molecule is CCC(CC)C(CNC(=O)Nc1ccccc1Cl)N1CCOCC1. The number of nitrogens with zero attached hydrogens (tertiary/aromatic N) is 1. The van der Waals surface area contributed by atoms with Crippen molar-refractivity contribution in [2.24, 2.45) is 5.92 Å². The topological polar surface area (TPSA) is 53.6 Å². The molecule has 1 aliphatic rings. The van der Waals surface area contributed by atoms with Gasteiger partial charge >= 0.3 is 6.03 Å². The lowest BCUT2D eigenvalue weighted by molar-refractivity contribution is 0.00247. The molecule has 0 bridgehead atoms. The first-order valence-corrected chi connectivity index (χ1v) is 9.14. The van der Waals surface area contributed by atoms with Crippen molar-refractivity contribution in [1.82, 2.24) is 10.2 Å². The standard InChI is InChI=1S/C18H28ClN3O2/c1-3-14(4-2)17(22-9-11-24-12-10-22)13-20-18(23)21-16-8-6-5-7-15(16)19/h5-8,14,17H,3-4,9-13H2,1-2H3,(H2,20,21,23). The van der Waals surface area contributed by atoms with Crippen LogP contribution < -0.4 is 10.6 Å². The Balaban J connectivity index is 1.93. The Morgan fingerprint density at radius 1 is 1.25 bits per heavy atom. The van der Waals surface area contributed by atoms with Crippen molar-refractivity contribution in [3.63, 3.8) is 0 Å². The highest BCUT2D eigenvalue weighted by Gasteiger charge is 2.27. The summed E-state index contributed by atoms with van der Waals surface area (Å²) >= 11 is 6.08. The number of anilines is 1. The number of halogens is 1. The van der Waals surface area contributed by atoms with Crippen LogP contribution in [-0.4, -0.2) is 49.8 Å². The summed E-state index contributed by atoms with van der Waals surface area (Å²) in [5, 5.41) is 6.37. The number of hydrogen-bond acceptors (Lipinski definition) is 3. The summed E-state index contributed by atoms with van der Waals surface area (Å²) in [4.78, 5) is 14.7. The lowest BCUT2D eigenvalue weighted by Gasteiger charge is -2.38. The molecule has 1 atom stereocenters. The fourth-order valence-corrected chi connectivity index (χ4v) is 3.45. The summed E-state index contributed by atoms with van der Waals surface area (Å²) in [6.07, 6.45) is 2.21. The third kappa shape index (κ3) is 5.36. The minimum Gasteiger partial charge on any atom is -0.379 e. The zero-order valence-corrected chi connectivity index (χ0v) is 15.3. The predicted molar refractivity (Wildman–Crippen MR) is 98.7 cm³/mol. The minimum absolute atomic E-state index is 0.215. The van der Waals surface area contributed by atoms with Gasteiger partial charge < -0.3 is 15.4 Å². The Bertz CT molecular complexity index is 517. The third-order valence-electron chi connectivity index (χ3n) is 4.70. The van der Waals surface area contributed by atoms with Crippen LogP contribution in [-0.2, 0) is 4.74 Å². The van der Waals surface area contributed by atoms with Gasteiger partial charge in [0.05, 0.1) is 23.9 Å². The number of hydrogen-bond donors (Lipinski definition) is 2. The summed E-state index contributed by atoms with van der Waals surface area (Å²) in [6, 6.07) is 7.36. The van der Waals surface area contributed by atoms with Crippen LogP contribution in [0.2, 0.25) is 5.02 Å². The lowest BCUT2D eigenvalue weighted by atomic mass is 9.92. The van der Waals surface area contributed by atoms with Gasteiger partial charge in [-0.3, -0.25) is 4.90 Å². The molecule has 1 heterocycles. The molecule has 1 unspecified atom stereocenters. The smallest absolute Gasteiger partial charge is 0.319 e. The van der Waals surface area contributed by atoms with Crippen molar-refractivity contribution in [3.8, 4) is 0 Å². The molecule has 5 nitrogen and oxygen atoms in total. The first-order chi connectivity index (χ1) is 11.7. The Labute approximate surface area is 149 Å². The molecule has 0 saturated carbocycles. The summed E-state index contributed by atoms with van der Waals surface area (Å²) in [6.45, 7) is 8.44. The fourth-order valence-electron chi connectivity index (χ4n) is 3.26. The maximum atomic E-state index is 12.2. The monoisotopic (exact) mass is 353 g/mol. The molecular weight excluding hydrogens is 326 g/mol. The van der Waals surface area contributed by atoms with Crippen molar-refractivity contribution < 1.29 is 9.53 Å². The van der Waals surface area contributed by atoms with Crippen LogP contribution in [0, 0.1) is 5.92 Å². The molecule has 0 spiro atoms. The van der Waals surface area contributed by atoms with Gasteiger partial charge in [-0.05, 0) is 18.1 Å². The van der Waals surface area contributed by atoms with Crippen molar-refractivity contribution in [3.05, 3.63) is 29.3 Å². The average Bonchev–Trinajstić information content (AvgIpc) is 2.61. The van der Waals surface area contributed by atoms with E-state index in [0.717, 1.165) is 39.1 Å². The number of urea groups is 1. The number of para-hydroxylation sites is 1. The second-order valence-electron chi connectivity index (χ2n) is 6.11. The predicted octanol–water partition coefficient (Wildman–Crippen LogP) is 3.60. The van der Waals surface area contributed by atoms with Crippen molar-refractivity contribution in [2.45, 2.75) is 32.7 Å². The minimum atomic E-state index is -0.215. The van der Waals surface area contributed by atoms with Crippen molar-refractivity contribution in [1.29, 1.82) is 0 Å². The van der Waals surface area contributed by atoms with E-state index in [4.69, 9.17) is 16.3 Å². The number of ether oxygens (including phenoxy) is 1. The molecule has 6 heteroatoms. The van der Waals surface area contributed by atoms with E-state index in [0.29, 0.717) is 29.2 Å². The van der Waals surface area contributed by atoms with Gasteiger partial charge in [0, 0.05) is 25.7 Å². The molecule has 2 amide bonds. The number of rotatable bonds is 7. The van der Waals surface area contributed by atoms with Crippen LogP contribution in [0.15, 0.2) is 24.3 Å². The van der Waals surface area contributed by atoms with Crippen LogP contribution in [0.5, 0.6) is 0 Å². The molecule has 134 valence electrons. The molecule has 2 rings (SSSR count). The maximum absolute atomic E-state index is 12.2. The van der Waals surface area contributed by atoms with E-state index < -0.39 is 0 Å².